The van der Waals surface area contributed by atoms with E-state index in [1.54, 1.807) is 11.8 Å². The molecule has 1 saturated heterocycles. The van der Waals surface area contributed by atoms with E-state index in [0.29, 0.717) is 12.1 Å². The summed E-state index contributed by atoms with van der Waals surface area (Å²) in [7, 11) is 0. The van der Waals surface area contributed by atoms with Crippen molar-refractivity contribution in [3.8, 4) is 0 Å². The van der Waals surface area contributed by atoms with Crippen molar-refractivity contribution < 1.29 is 9.59 Å². The number of carbonyl (C=O) groups is 2. The second-order valence-corrected chi connectivity index (χ2v) is 5.76. The molecule has 0 spiro atoms. The van der Waals surface area contributed by atoms with E-state index in [1.807, 2.05) is 18.2 Å². The fourth-order valence-corrected chi connectivity index (χ4v) is 3.11. The minimum Gasteiger partial charge on any atom is -0.349 e. The number of carbonyl (C=O) groups excluding carboxylic acids is 2. The molecule has 2 aliphatic heterocycles. The van der Waals surface area contributed by atoms with Gasteiger partial charge in [-0.25, -0.2) is 0 Å². The van der Waals surface area contributed by atoms with Crippen LogP contribution in [0.5, 0.6) is 0 Å². The van der Waals surface area contributed by atoms with E-state index >= 15 is 0 Å². The van der Waals surface area contributed by atoms with Crippen LogP contribution in [0.25, 0.3) is 0 Å². The third-order valence-corrected chi connectivity index (χ3v) is 4.29. The topological polar surface area (TPSA) is 61.4 Å². The first-order chi connectivity index (χ1) is 10.1. The molecule has 0 unspecified atom stereocenters. The summed E-state index contributed by atoms with van der Waals surface area (Å²) in [5, 5.41) is 6.39. The molecule has 1 aromatic rings. The fourth-order valence-electron chi connectivity index (χ4n) is 3.11. The van der Waals surface area contributed by atoms with Crippen molar-refractivity contribution in [2.24, 2.45) is 0 Å². The van der Waals surface area contributed by atoms with Gasteiger partial charge in [-0.2, -0.15) is 0 Å². The molecule has 0 saturated carbocycles. The third-order valence-electron chi connectivity index (χ3n) is 4.29. The number of hydrogen-bond donors (Lipinski definition) is 2. The molecule has 1 fully saturated rings. The van der Waals surface area contributed by atoms with Gasteiger partial charge >= 0.3 is 0 Å². The van der Waals surface area contributed by atoms with Crippen LogP contribution in [0.2, 0.25) is 0 Å². The van der Waals surface area contributed by atoms with Crippen molar-refractivity contribution in [3.05, 3.63) is 29.3 Å². The number of nitrogens with zero attached hydrogens (tertiary/aromatic N) is 1. The number of nitrogens with one attached hydrogen (secondary N) is 2. The lowest BCUT2D eigenvalue weighted by Crippen LogP contribution is -2.42. The molecule has 21 heavy (non-hydrogen) atoms. The number of benzene rings is 1. The lowest BCUT2D eigenvalue weighted by Gasteiger charge is -2.23. The smallest absolute Gasteiger partial charge is 0.251 e. The van der Waals surface area contributed by atoms with Gasteiger partial charge in [-0.1, -0.05) is 0 Å². The average Bonchev–Trinajstić information content (AvgIpc) is 2.91. The van der Waals surface area contributed by atoms with Crippen molar-refractivity contribution in [1.82, 2.24) is 10.6 Å². The molecule has 1 aromatic carbocycles. The van der Waals surface area contributed by atoms with E-state index in [2.05, 4.69) is 10.6 Å². The second kappa shape index (κ2) is 5.85. The molecule has 0 atom stereocenters. The van der Waals surface area contributed by atoms with E-state index < -0.39 is 0 Å². The maximum atomic E-state index is 12.3. The summed E-state index contributed by atoms with van der Waals surface area (Å²) in [4.78, 5) is 25.6. The number of hydrogen-bond acceptors (Lipinski definition) is 3. The number of rotatable bonds is 2. The van der Waals surface area contributed by atoms with Gasteiger partial charge in [0.25, 0.3) is 5.91 Å². The molecule has 0 aliphatic carbocycles. The molecule has 2 amide bonds. The summed E-state index contributed by atoms with van der Waals surface area (Å²) in [6.07, 6.45) is 2.78. The maximum absolute atomic E-state index is 12.3. The highest BCUT2D eigenvalue weighted by molar-refractivity contribution is 5.98. The normalized spacial score (nSPS) is 18.4. The zero-order chi connectivity index (χ0) is 14.8. The average molecular weight is 287 g/mol. The standard InChI is InChI=1S/C16H21N3O2/c1-11(20)19-9-6-12-10-13(2-3-15(12)19)16(21)18-14-4-7-17-8-5-14/h2-3,10,14,17H,4-9H2,1H3,(H,18,21). The molecule has 112 valence electrons. The Morgan fingerprint density at radius 2 is 2.05 bits per heavy atom. The Morgan fingerprint density at radius 1 is 1.29 bits per heavy atom. The van der Waals surface area contributed by atoms with Gasteiger partial charge < -0.3 is 15.5 Å². The highest BCUT2D eigenvalue weighted by Gasteiger charge is 2.23. The third kappa shape index (κ3) is 2.93. The first-order valence-electron chi connectivity index (χ1n) is 7.58. The summed E-state index contributed by atoms with van der Waals surface area (Å²) in [5.41, 5.74) is 2.72. The van der Waals surface area contributed by atoms with E-state index in [1.165, 1.54) is 0 Å². The Labute approximate surface area is 124 Å². The lowest BCUT2D eigenvalue weighted by molar-refractivity contribution is -0.116. The lowest BCUT2D eigenvalue weighted by atomic mass is 10.0. The van der Waals surface area contributed by atoms with Crippen molar-refractivity contribution in [2.75, 3.05) is 24.5 Å². The highest BCUT2D eigenvalue weighted by Crippen LogP contribution is 2.28. The van der Waals surface area contributed by atoms with Gasteiger partial charge in [0.15, 0.2) is 0 Å². The number of fused-ring (bicyclic) bond motifs is 1. The molecule has 2 N–H and O–H groups in total. The zero-order valence-electron chi connectivity index (χ0n) is 12.3. The number of anilines is 1. The molecule has 2 heterocycles. The van der Waals surface area contributed by atoms with E-state index in [9.17, 15) is 9.59 Å². The molecule has 0 radical (unpaired) electrons. The van der Waals surface area contributed by atoms with Crippen LogP contribution in [0, 0.1) is 0 Å². The van der Waals surface area contributed by atoms with Crippen LogP contribution >= 0.6 is 0 Å². The molecule has 0 bridgehead atoms. The Kier molecular flexibility index (Phi) is 3.92. The minimum atomic E-state index is -0.00836. The molecular formula is C16H21N3O2. The van der Waals surface area contributed by atoms with Crippen LogP contribution in [0.4, 0.5) is 5.69 Å². The summed E-state index contributed by atoms with van der Waals surface area (Å²) in [5.74, 6) is 0.0478. The molecule has 3 rings (SSSR count). The van der Waals surface area contributed by atoms with Crippen LogP contribution in [-0.4, -0.2) is 37.5 Å². The van der Waals surface area contributed by atoms with E-state index in [4.69, 9.17) is 0 Å². The summed E-state index contributed by atoms with van der Waals surface area (Å²) >= 11 is 0. The zero-order valence-corrected chi connectivity index (χ0v) is 12.3. The van der Waals surface area contributed by atoms with Crippen LogP contribution < -0.4 is 15.5 Å². The maximum Gasteiger partial charge on any atom is 0.251 e. The van der Waals surface area contributed by atoms with Crippen LogP contribution in [0.15, 0.2) is 18.2 Å². The largest absolute Gasteiger partial charge is 0.349 e. The Hall–Kier alpha value is -1.88. The predicted molar refractivity (Wildman–Crippen MR) is 81.5 cm³/mol. The van der Waals surface area contributed by atoms with Gasteiger partial charge in [-0.3, -0.25) is 9.59 Å². The van der Waals surface area contributed by atoms with Crippen molar-refractivity contribution in [3.63, 3.8) is 0 Å². The first-order valence-corrected chi connectivity index (χ1v) is 7.58. The van der Waals surface area contributed by atoms with Crippen molar-refractivity contribution >= 4 is 17.5 Å². The Balaban J connectivity index is 1.72. The quantitative estimate of drug-likeness (QED) is 0.855. The molecule has 2 aliphatic rings. The SMILES string of the molecule is CC(=O)N1CCc2cc(C(=O)NC3CCNCC3)ccc21. The van der Waals surface area contributed by atoms with Gasteiger partial charge in [0.1, 0.15) is 0 Å². The summed E-state index contributed by atoms with van der Waals surface area (Å²) in [6.45, 7) is 4.21. The van der Waals surface area contributed by atoms with Gasteiger partial charge in [-0.05, 0) is 56.1 Å². The second-order valence-electron chi connectivity index (χ2n) is 5.76. The highest BCUT2D eigenvalue weighted by atomic mass is 16.2. The van der Waals surface area contributed by atoms with E-state index in [-0.39, 0.29) is 17.9 Å². The van der Waals surface area contributed by atoms with Gasteiger partial charge in [0, 0.05) is 30.8 Å². The van der Waals surface area contributed by atoms with E-state index in [0.717, 1.165) is 43.6 Å². The molecule has 0 aromatic heterocycles. The fraction of sp³-hybridized carbons (Fsp3) is 0.500. The Bertz CT molecular complexity index is 565. The van der Waals surface area contributed by atoms with Crippen LogP contribution in [0.1, 0.15) is 35.7 Å². The van der Waals surface area contributed by atoms with Gasteiger partial charge in [0.2, 0.25) is 5.91 Å². The summed E-state index contributed by atoms with van der Waals surface area (Å²) < 4.78 is 0. The minimum absolute atomic E-state index is 0.00836. The molecular weight excluding hydrogens is 266 g/mol. The molecule has 5 heteroatoms. The first kappa shape index (κ1) is 14.1. The van der Waals surface area contributed by atoms with Gasteiger partial charge in [-0.15, -0.1) is 0 Å². The number of amides is 2. The van der Waals surface area contributed by atoms with Crippen molar-refractivity contribution in [2.45, 2.75) is 32.2 Å². The van der Waals surface area contributed by atoms with Crippen LogP contribution in [0.3, 0.4) is 0 Å². The summed E-state index contributed by atoms with van der Waals surface area (Å²) in [6, 6.07) is 5.90. The molecule has 5 nitrogen and oxygen atoms in total. The predicted octanol–water partition coefficient (Wildman–Crippen LogP) is 1.08. The monoisotopic (exact) mass is 287 g/mol. The van der Waals surface area contributed by atoms with Gasteiger partial charge in [0.05, 0.1) is 0 Å². The number of piperidine rings is 1. The van der Waals surface area contributed by atoms with Crippen molar-refractivity contribution in [1.29, 1.82) is 0 Å². The van der Waals surface area contributed by atoms with Crippen LogP contribution in [-0.2, 0) is 11.2 Å². The Morgan fingerprint density at radius 3 is 2.76 bits per heavy atom.